The largest absolute Gasteiger partial charge is 0.483 e. The second-order valence-corrected chi connectivity index (χ2v) is 11.0. The molecule has 2 aromatic carbocycles. The molecule has 0 bridgehead atoms. The van der Waals surface area contributed by atoms with Crippen LogP contribution in [0.5, 0.6) is 5.75 Å². The van der Waals surface area contributed by atoms with Crippen LogP contribution < -0.4 is 4.74 Å². The van der Waals surface area contributed by atoms with Gasteiger partial charge in [-0.3, -0.25) is 9.59 Å². The number of nitrogens with zero attached hydrogens (tertiary/aromatic N) is 3. The minimum absolute atomic E-state index is 0.0828. The lowest BCUT2D eigenvalue weighted by Crippen LogP contribution is -2.51. The lowest BCUT2D eigenvalue weighted by molar-refractivity contribution is -0.138. The molecule has 0 unspecified atom stereocenters. The number of aliphatic hydroxyl groups excluding tert-OH is 2. The molecule has 2 atom stereocenters. The molecule has 2 aliphatic rings. The van der Waals surface area contributed by atoms with Gasteiger partial charge < -0.3 is 29.3 Å². The fourth-order valence-electron chi connectivity index (χ4n) is 6.09. The Hall–Kier alpha value is -3.36. The Morgan fingerprint density at radius 2 is 1.74 bits per heavy atom. The third-order valence-electron chi connectivity index (χ3n) is 8.34. The quantitative estimate of drug-likeness (QED) is 0.543. The van der Waals surface area contributed by atoms with E-state index in [0.717, 1.165) is 22.0 Å². The molecule has 8 nitrogen and oxygen atoms in total. The van der Waals surface area contributed by atoms with Crippen LogP contribution in [0.3, 0.4) is 0 Å². The van der Waals surface area contributed by atoms with Crippen molar-refractivity contribution in [2.75, 3.05) is 33.3 Å². The average molecular weight is 520 g/mol. The fourth-order valence-corrected chi connectivity index (χ4v) is 6.09. The summed E-state index contributed by atoms with van der Waals surface area (Å²) in [6.07, 6.45) is 2.35. The van der Waals surface area contributed by atoms with Gasteiger partial charge in [-0.2, -0.15) is 0 Å². The highest BCUT2D eigenvalue weighted by Gasteiger charge is 2.41. The molecular weight excluding hydrogens is 482 g/mol. The number of hydrogen-bond donors (Lipinski definition) is 2. The molecule has 0 radical (unpaired) electrons. The lowest BCUT2D eigenvalue weighted by atomic mass is 9.72. The Morgan fingerprint density at radius 3 is 2.53 bits per heavy atom. The molecule has 1 spiro atoms. The minimum atomic E-state index is -0.955. The van der Waals surface area contributed by atoms with Crippen molar-refractivity contribution in [2.45, 2.75) is 44.3 Å². The molecule has 0 aliphatic carbocycles. The monoisotopic (exact) mass is 519 g/mol. The summed E-state index contributed by atoms with van der Waals surface area (Å²) in [5, 5.41) is 23.0. The third kappa shape index (κ3) is 5.42. The summed E-state index contributed by atoms with van der Waals surface area (Å²) >= 11 is 0. The first-order chi connectivity index (χ1) is 18.2. The van der Waals surface area contributed by atoms with Crippen molar-refractivity contribution >= 4 is 22.7 Å². The normalized spacial score (nSPS) is 22.5. The van der Waals surface area contributed by atoms with Crippen molar-refractivity contribution in [3.8, 4) is 5.75 Å². The summed E-state index contributed by atoms with van der Waals surface area (Å²) in [6, 6.07) is 15.4. The fraction of sp³-hybridized carbons (Fsp3) is 0.467. The number of carbonyl (C=O) groups is 2. The Labute approximate surface area is 223 Å². The van der Waals surface area contributed by atoms with Gasteiger partial charge in [-0.25, -0.2) is 0 Å². The van der Waals surface area contributed by atoms with Crippen LogP contribution in [0.25, 0.3) is 10.9 Å². The zero-order chi connectivity index (χ0) is 26.9. The molecule has 2 N–H and O–H groups in total. The number of benzene rings is 2. The van der Waals surface area contributed by atoms with Crippen LogP contribution in [0.1, 0.15) is 30.4 Å². The Morgan fingerprint density at radius 1 is 1.03 bits per heavy atom. The van der Waals surface area contributed by atoms with Crippen molar-refractivity contribution in [1.82, 2.24) is 14.4 Å². The highest BCUT2D eigenvalue weighted by molar-refractivity contribution is 5.89. The lowest BCUT2D eigenvalue weighted by Gasteiger charge is -2.45. The highest BCUT2D eigenvalue weighted by Crippen LogP contribution is 2.39. The van der Waals surface area contributed by atoms with Gasteiger partial charge in [0, 0.05) is 57.3 Å². The van der Waals surface area contributed by atoms with Gasteiger partial charge in [0.05, 0.1) is 18.6 Å². The van der Waals surface area contributed by atoms with Crippen molar-refractivity contribution in [3.63, 3.8) is 0 Å². The van der Waals surface area contributed by atoms with Gasteiger partial charge in [0.25, 0.3) is 5.91 Å². The van der Waals surface area contributed by atoms with Gasteiger partial charge in [-0.1, -0.05) is 36.4 Å². The number of fused-ring (bicyclic) bond motifs is 2. The molecule has 2 aliphatic heterocycles. The third-order valence-corrected chi connectivity index (χ3v) is 8.34. The number of aryl methyl sites for hydroxylation is 1. The number of aromatic nitrogens is 1. The summed E-state index contributed by atoms with van der Waals surface area (Å²) in [4.78, 5) is 29.8. The number of amides is 2. The molecule has 1 fully saturated rings. The molecule has 3 aromatic rings. The first kappa shape index (κ1) is 26.3. The van der Waals surface area contributed by atoms with Gasteiger partial charge in [-0.15, -0.1) is 0 Å². The van der Waals surface area contributed by atoms with Crippen LogP contribution in [0.15, 0.2) is 54.7 Å². The van der Waals surface area contributed by atoms with E-state index in [1.807, 2.05) is 48.5 Å². The van der Waals surface area contributed by atoms with Gasteiger partial charge in [0.2, 0.25) is 5.91 Å². The maximum atomic E-state index is 13.3. The number of ether oxygens (including phenoxy) is 1. The average Bonchev–Trinajstić information content (AvgIpc) is 3.22. The predicted molar refractivity (Wildman–Crippen MR) is 145 cm³/mol. The van der Waals surface area contributed by atoms with Crippen LogP contribution in [-0.2, 0) is 29.5 Å². The van der Waals surface area contributed by atoms with Gasteiger partial charge in [-0.05, 0) is 47.9 Å². The Balaban J connectivity index is 1.30. The number of piperidine rings is 1. The molecule has 1 aromatic heterocycles. The van der Waals surface area contributed by atoms with E-state index in [4.69, 9.17) is 4.74 Å². The number of likely N-dealkylation sites (tertiary alicyclic amines) is 1. The van der Waals surface area contributed by atoms with Gasteiger partial charge in [0.1, 0.15) is 5.75 Å². The number of hydrogen-bond acceptors (Lipinski definition) is 5. The molecule has 0 saturated carbocycles. The van der Waals surface area contributed by atoms with E-state index in [-0.39, 0.29) is 24.8 Å². The number of likely N-dealkylation sites (N-methyl/N-ethyl adjacent to an activating group) is 1. The minimum Gasteiger partial charge on any atom is -0.483 e. The van der Waals surface area contributed by atoms with E-state index in [0.29, 0.717) is 51.1 Å². The van der Waals surface area contributed by atoms with Crippen molar-refractivity contribution in [3.05, 3.63) is 65.9 Å². The first-order valence-corrected chi connectivity index (χ1v) is 13.4. The van der Waals surface area contributed by atoms with E-state index in [2.05, 4.69) is 16.7 Å². The molecular formula is C30H37N3O5. The van der Waals surface area contributed by atoms with Crippen LogP contribution in [0.2, 0.25) is 0 Å². The Kier molecular flexibility index (Phi) is 7.45. The molecule has 38 heavy (non-hydrogen) atoms. The molecule has 5 rings (SSSR count). The van der Waals surface area contributed by atoms with Crippen LogP contribution >= 0.6 is 0 Å². The van der Waals surface area contributed by atoms with Gasteiger partial charge >= 0.3 is 0 Å². The summed E-state index contributed by atoms with van der Waals surface area (Å²) in [7, 11) is 3.75. The summed E-state index contributed by atoms with van der Waals surface area (Å²) in [6.45, 7) is 1.45. The van der Waals surface area contributed by atoms with Crippen LogP contribution in [0.4, 0.5) is 0 Å². The topological polar surface area (TPSA) is 95.2 Å². The summed E-state index contributed by atoms with van der Waals surface area (Å²) < 4.78 is 7.85. The predicted octanol–water partition coefficient (Wildman–Crippen LogP) is 2.54. The summed E-state index contributed by atoms with van der Waals surface area (Å²) in [5.74, 6) is 0.498. The first-order valence-electron chi connectivity index (χ1n) is 13.4. The molecule has 3 heterocycles. The van der Waals surface area contributed by atoms with E-state index in [9.17, 15) is 19.8 Å². The second kappa shape index (κ2) is 10.8. The smallest absolute Gasteiger partial charge is 0.260 e. The SMILES string of the molecule is CN1CC2(CCN(C(=O)Cc3cn(C)c4ccccc34)CC2)C[C@@H](O)[C@@H](O)Cc2ccccc2OCC1=O. The zero-order valence-corrected chi connectivity index (χ0v) is 22.2. The van der Waals surface area contributed by atoms with E-state index >= 15 is 0 Å². The molecule has 202 valence electrons. The van der Waals surface area contributed by atoms with Crippen molar-refractivity contribution in [2.24, 2.45) is 12.5 Å². The van der Waals surface area contributed by atoms with Crippen LogP contribution in [0, 0.1) is 5.41 Å². The van der Waals surface area contributed by atoms with Crippen molar-refractivity contribution in [1.29, 1.82) is 0 Å². The van der Waals surface area contributed by atoms with E-state index < -0.39 is 17.6 Å². The molecule has 2 amide bonds. The molecule has 8 heteroatoms. The number of para-hydroxylation sites is 2. The highest BCUT2D eigenvalue weighted by atomic mass is 16.5. The van der Waals surface area contributed by atoms with E-state index in [1.165, 1.54) is 0 Å². The maximum Gasteiger partial charge on any atom is 0.260 e. The summed E-state index contributed by atoms with van der Waals surface area (Å²) in [5.41, 5.74) is 2.48. The van der Waals surface area contributed by atoms with Crippen LogP contribution in [-0.4, -0.2) is 81.9 Å². The van der Waals surface area contributed by atoms with Gasteiger partial charge in [0.15, 0.2) is 6.61 Å². The second-order valence-electron chi connectivity index (χ2n) is 11.0. The number of aliphatic hydroxyl groups is 2. The zero-order valence-electron chi connectivity index (χ0n) is 22.2. The maximum absolute atomic E-state index is 13.3. The number of rotatable bonds is 2. The standard InChI is InChI=1S/C30H37N3O5/c1-31-18-22(23-8-4-5-9-24(23)31)16-28(36)33-13-11-30(12-14-33)17-26(35)25(34)15-21-7-3-6-10-27(21)38-19-29(37)32(2)20-30/h3-10,18,25-26,34-35H,11-17,19-20H2,1-2H3/t25-,26+/m0/s1. The van der Waals surface area contributed by atoms with E-state index in [1.54, 1.807) is 18.0 Å². The Bertz CT molecular complexity index is 1310. The molecule has 1 saturated heterocycles. The van der Waals surface area contributed by atoms with Crippen molar-refractivity contribution < 1.29 is 24.5 Å². The number of carbonyl (C=O) groups excluding carboxylic acids is 2.